The van der Waals surface area contributed by atoms with Gasteiger partial charge in [0.15, 0.2) is 0 Å². The summed E-state index contributed by atoms with van der Waals surface area (Å²) < 4.78 is 5.14. The Bertz CT molecular complexity index is 237. The normalized spacial score (nSPS) is 43.5. The molecule has 4 atom stereocenters. The number of hydrogen-bond acceptors (Lipinski definition) is 2. The smallest absolute Gasteiger partial charge is 0.302 e. The van der Waals surface area contributed by atoms with Gasteiger partial charge in [0.1, 0.15) is 6.10 Å². The van der Waals surface area contributed by atoms with Crippen LogP contribution in [0.1, 0.15) is 13.3 Å². The molecule has 0 aliphatic heterocycles. The Kier molecular flexibility index (Phi) is 1.87. The van der Waals surface area contributed by atoms with Crippen LogP contribution in [-0.2, 0) is 9.53 Å². The van der Waals surface area contributed by atoms with Crippen molar-refractivity contribution in [1.82, 2.24) is 0 Å². The number of allylic oxidation sites excluding steroid dienone is 1. The molecule has 0 aromatic carbocycles. The minimum atomic E-state index is -0.230. The minimum absolute atomic E-state index is 0.0103. The van der Waals surface area contributed by atoms with E-state index in [1.165, 1.54) is 6.92 Å². The summed E-state index contributed by atoms with van der Waals surface area (Å²) in [6.07, 6.45) is 5.20. The number of hydrogen-bond donors (Lipinski definition) is 0. The van der Waals surface area contributed by atoms with E-state index < -0.39 is 0 Å². The lowest BCUT2D eigenvalue weighted by Crippen LogP contribution is -2.30. The van der Waals surface area contributed by atoms with Gasteiger partial charge in [0.25, 0.3) is 0 Å². The Morgan fingerprint density at radius 3 is 2.67 bits per heavy atom. The second-order valence-electron chi connectivity index (χ2n) is 3.47. The van der Waals surface area contributed by atoms with Crippen LogP contribution in [0, 0.1) is 11.8 Å². The predicted octanol–water partition coefficient (Wildman–Crippen LogP) is 1.73. The lowest BCUT2D eigenvalue weighted by atomic mass is 10.0. The second-order valence-corrected chi connectivity index (χ2v) is 3.97. The molecule has 66 valence electrons. The van der Waals surface area contributed by atoms with Crippen LogP contribution >= 0.6 is 11.6 Å². The molecular formula is C9H11ClO2. The number of carbonyl (C=O) groups excluding carboxylic acids is 1. The topological polar surface area (TPSA) is 26.3 Å². The van der Waals surface area contributed by atoms with Crippen LogP contribution in [0.25, 0.3) is 0 Å². The maximum absolute atomic E-state index is 10.7. The van der Waals surface area contributed by atoms with Crippen molar-refractivity contribution in [3.63, 3.8) is 0 Å². The Labute approximate surface area is 76.5 Å². The summed E-state index contributed by atoms with van der Waals surface area (Å²) >= 11 is 6.09. The first-order valence-corrected chi connectivity index (χ1v) is 4.62. The van der Waals surface area contributed by atoms with E-state index in [4.69, 9.17) is 16.3 Å². The molecule has 12 heavy (non-hydrogen) atoms. The molecule has 0 unspecified atom stereocenters. The van der Waals surface area contributed by atoms with Gasteiger partial charge in [-0.1, -0.05) is 12.2 Å². The highest BCUT2D eigenvalue weighted by atomic mass is 35.5. The molecule has 2 bridgehead atoms. The molecule has 3 heteroatoms. The van der Waals surface area contributed by atoms with Crippen molar-refractivity contribution < 1.29 is 9.53 Å². The van der Waals surface area contributed by atoms with Crippen molar-refractivity contribution in [3.8, 4) is 0 Å². The van der Waals surface area contributed by atoms with E-state index in [0.717, 1.165) is 6.42 Å². The molecule has 2 nitrogen and oxygen atoms in total. The number of fused-ring (bicyclic) bond motifs is 2. The van der Waals surface area contributed by atoms with E-state index in [0.29, 0.717) is 11.8 Å². The molecule has 0 radical (unpaired) electrons. The average Bonchev–Trinajstić information content (AvgIpc) is 2.53. The third-order valence-corrected chi connectivity index (χ3v) is 3.17. The van der Waals surface area contributed by atoms with E-state index >= 15 is 0 Å². The fraction of sp³-hybridized carbons (Fsp3) is 0.667. The van der Waals surface area contributed by atoms with Crippen LogP contribution in [0.15, 0.2) is 12.2 Å². The standard InChI is InChI=1S/C9H11ClO2/c1-5(11)12-9-7-3-2-6(4-7)8(9)10/h2-3,6-9H,4H2,1H3/t6-,7+,8+,9-/m0/s1. The molecule has 0 spiro atoms. The van der Waals surface area contributed by atoms with Crippen molar-refractivity contribution in [2.45, 2.75) is 24.8 Å². The van der Waals surface area contributed by atoms with Gasteiger partial charge < -0.3 is 4.74 Å². The summed E-state index contributed by atoms with van der Waals surface area (Å²) in [4.78, 5) is 10.7. The summed E-state index contributed by atoms with van der Waals surface area (Å²) in [7, 11) is 0. The van der Waals surface area contributed by atoms with Gasteiger partial charge in [-0.3, -0.25) is 4.79 Å². The molecule has 0 amide bonds. The van der Waals surface area contributed by atoms with Gasteiger partial charge in [-0.25, -0.2) is 0 Å². The van der Waals surface area contributed by atoms with Gasteiger partial charge >= 0.3 is 5.97 Å². The van der Waals surface area contributed by atoms with Gasteiger partial charge in [0.2, 0.25) is 0 Å². The molecule has 0 N–H and O–H groups in total. The van der Waals surface area contributed by atoms with E-state index in [1.54, 1.807) is 0 Å². The zero-order valence-corrected chi connectivity index (χ0v) is 7.62. The highest BCUT2D eigenvalue weighted by Gasteiger charge is 2.45. The largest absolute Gasteiger partial charge is 0.460 e. The maximum Gasteiger partial charge on any atom is 0.302 e. The Hall–Kier alpha value is -0.500. The SMILES string of the molecule is CC(=O)O[C@@H]1[C@H](Cl)[C@H]2C=C[C@@H]1C2. The summed E-state index contributed by atoms with van der Waals surface area (Å²) in [5, 5.41) is -0.0103. The van der Waals surface area contributed by atoms with Gasteiger partial charge in [0.05, 0.1) is 5.38 Å². The van der Waals surface area contributed by atoms with Gasteiger partial charge in [-0.05, 0) is 12.3 Å². The predicted molar refractivity (Wildman–Crippen MR) is 45.9 cm³/mol. The minimum Gasteiger partial charge on any atom is -0.460 e. The van der Waals surface area contributed by atoms with Crippen molar-refractivity contribution in [2.75, 3.05) is 0 Å². The first-order chi connectivity index (χ1) is 5.68. The summed E-state index contributed by atoms with van der Waals surface area (Å²) in [6, 6.07) is 0. The van der Waals surface area contributed by atoms with Crippen LogP contribution in [0.4, 0.5) is 0 Å². The fourth-order valence-electron chi connectivity index (χ4n) is 2.06. The second kappa shape index (κ2) is 2.77. The fourth-order valence-corrected chi connectivity index (χ4v) is 2.49. The highest BCUT2D eigenvalue weighted by molar-refractivity contribution is 6.21. The van der Waals surface area contributed by atoms with Gasteiger partial charge in [-0.2, -0.15) is 0 Å². The Balaban J connectivity index is 2.08. The summed E-state index contributed by atoms with van der Waals surface area (Å²) in [5.74, 6) is 0.550. The lowest BCUT2D eigenvalue weighted by Gasteiger charge is -2.22. The first-order valence-electron chi connectivity index (χ1n) is 4.18. The zero-order valence-electron chi connectivity index (χ0n) is 6.87. The number of halogens is 1. The van der Waals surface area contributed by atoms with Crippen molar-refractivity contribution >= 4 is 17.6 Å². The molecule has 2 rings (SSSR count). The number of rotatable bonds is 1. The molecular weight excluding hydrogens is 176 g/mol. The third kappa shape index (κ3) is 1.14. The van der Waals surface area contributed by atoms with Crippen molar-refractivity contribution in [2.24, 2.45) is 11.8 Å². The first kappa shape index (κ1) is 8.11. The molecule has 0 aromatic rings. The van der Waals surface area contributed by atoms with Crippen LogP contribution in [0.3, 0.4) is 0 Å². The molecule has 1 saturated carbocycles. The summed E-state index contributed by atoms with van der Waals surface area (Å²) in [5.41, 5.74) is 0. The van der Waals surface area contributed by atoms with Crippen molar-refractivity contribution in [3.05, 3.63) is 12.2 Å². The zero-order chi connectivity index (χ0) is 8.72. The maximum atomic E-state index is 10.7. The Morgan fingerprint density at radius 1 is 1.50 bits per heavy atom. The van der Waals surface area contributed by atoms with Crippen molar-refractivity contribution in [1.29, 1.82) is 0 Å². The monoisotopic (exact) mass is 186 g/mol. The molecule has 0 heterocycles. The number of carbonyl (C=O) groups is 1. The molecule has 1 fully saturated rings. The summed E-state index contributed by atoms with van der Waals surface area (Å²) in [6.45, 7) is 1.43. The van der Waals surface area contributed by atoms with Gasteiger partial charge in [0, 0.05) is 12.8 Å². The molecule has 0 saturated heterocycles. The number of ether oxygens (including phenoxy) is 1. The third-order valence-electron chi connectivity index (χ3n) is 2.60. The van der Waals surface area contributed by atoms with Crippen LogP contribution in [0.2, 0.25) is 0 Å². The Morgan fingerprint density at radius 2 is 2.17 bits per heavy atom. The van der Waals surface area contributed by atoms with Gasteiger partial charge in [-0.15, -0.1) is 11.6 Å². The van der Waals surface area contributed by atoms with Crippen LogP contribution in [0.5, 0.6) is 0 Å². The lowest BCUT2D eigenvalue weighted by molar-refractivity contribution is -0.147. The van der Waals surface area contributed by atoms with E-state index in [-0.39, 0.29) is 17.5 Å². The number of alkyl halides is 1. The molecule has 0 aromatic heterocycles. The quantitative estimate of drug-likeness (QED) is 0.354. The van der Waals surface area contributed by atoms with Crippen LogP contribution < -0.4 is 0 Å². The highest BCUT2D eigenvalue weighted by Crippen LogP contribution is 2.43. The van der Waals surface area contributed by atoms with Crippen LogP contribution in [-0.4, -0.2) is 17.5 Å². The van der Waals surface area contributed by atoms with E-state index in [1.807, 2.05) is 0 Å². The molecule has 2 aliphatic rings. The van der Waals surface area contributed by atoms with E-state index in [2.05, 4.69) is 12.2 Å². The molecule has 2 aliphatic carbocycles. The number of esters is 1. The average molecular weight is 187 g/mol. The van der Waals surface area contributed by atoms with E-state index in [9.17, 15) is 4.79 Å².